The average molecular weight is 356 g/mol. The Morgan fingerprint density at radius 3 is 2.64 bits per heavy atom. The number of furan rings is 1. The largest absolute Gasteiger partial charge is 0.459 e. The topological polar surface area (TPSA) is 62.6 Å². The highest BCUT2D eigenvalue weighted by atomic mass is 32.2. The second kappa shape index (κ2) is 6.96. The van der Waals surface area contributed by atoms with E-state index in [0.717, 1.165) is 19.3 Å². The lowest BCUT2D eigenvalue weighted by Crippen LogP contribution is -2.48. The van der Waals surface area contributed by atoms with Crippen molar-refractivity contribution in [2.24, 2.45) is 0 Å². The molecule has 0 bridgehead atoms. The predicted octanol–water partition coefficient (Wildman–Crippen LogP) is 2.72. The van der Waals surface area contributed by atoms with Crippen molar-refractivity contribution in [3.05, 3.63) is 54.0 Å². The number of amides is 2. The highest BCUT2D eigenvalue weighted by Gasteiger charge is 2.31. The number of nitrogens with one attached hydrogen (secondary N) is 1. The molecule has 0 radical (unpaired) electrons. The normalized spacial score (nSPS) is 20.3. The Balaban J connectivity index is 1.28. The van der Waals surface area contributed by atoms with Crippen molar-refractivity contribution >= 4 is 23.6 Å². The van der Waals surface area contributed by atoms with Gasteiger partial charge in [0, 0.05) is 24.0 Å². The van der Waals surface area contributed by atoms with E-state index < -0.39 is 0 Å². The molecule has 5 nitrogen and oxygen atoms in total. The van der Waals surface area contributed by atoms with Crippen molar-refractivity contribution in [1.82, 2.24) is 10.2 Å². The van der Waals surface area contributed by atoms with Crippen LogP contribution in [-0.2, 0) is 11.2 Å². The molecule has 1 atom stereocenters. The maximum absolute atomic E-state index is 12.6. The lowest BCUT2D eigenvalue weighted by atomic mass is 10.0. The molecule has 2 aliphatic rings. The lowest BCUT2D eigenvalue weighted by molar-refractivity contribution is -0.121. The second-order valence-electron chi connectivity index (χ2n) is 6.47. The highest BCUT2D eigenvalue weighted by Crippen LogP contribution is 2.36. The van der Waals surface area contributed by atoms with Gasteiger partial charge in [-0.3, -0.25) is 9.59 Å². The summed E-state index contributed by atoms with van der Waals surface area (Å²) >= 11 is 1.65. The first-order valence-corrected chi connectivity index (χ1v) is 9.46. The van der Waals surface area contributed by atoms with Crippen LogP contribution < -0.4 is 5.32 Å². The summed E-state index contributed by atoms with van der Waals surface area (Å²) in [6.07, 6.45) is 3.87. The van der Waals surface area contributed by atoms with Gasteiger partial charge < -0.3 is 14.6 Å². The van der Waals surface area contributed by atoms with Crippen molar-refractivity contribution in [1.29, 1.82) is 0 Å². The molecule has 1 unspecified atom stereocenters. The first-order valence-electron chi connectivity index (χ1n) is 8.58. The van der Waals surface area contributed by atoms with Crippen LogP contribution in [0.4, 0.5) is 0 Å². The molecule has 1 fully saturated rings. The Bertz CT molecular complexity index is 742. The minimum Gasteiger partial charge on any atom is -0.459 e. The van der Waals surface area contributed by atoms with Gasteiger partial charge in [0.25, 0.3) is 5.91 Å². The van der Waals surface area contributed by atoms with Gasteiger partial charge in [0.05, 0.1) is 11.5 Å². The molecule has 2 amide bonds. The third kappa shape index (κ3) is 3.44. The van der Waals surface area contributed by atoms with Gasteiger partial charge in [-0.1, -0.05) is 18.2 Å². The Hall–Kier alpha value is -2.21. The van der Waals surface area contributed by atoms with E-state index in [9.17, 15) is 9.59 Å². The first kappa shape index (κ1) is 16.3. The number of carbonyl (C=O) groups is 2. The third-order valence-electron chi connectivity index (χ3n) is 4.80. The predicted molar refractivity (Wildman–Crippen MR) is 95.6 cm³/mol. The Morgan fingerprint density at radius 2 is 1.92 bits per heavy atom. The van der Waals surface area contributed by atoms with Crippen LogP contribution in [0.25, 0.3) is 0 Å². The fourth-order valence-corrected chi connectivity index (χ4v) is 4.61. The summed E-state index contributed by atoms with van der Waals surface area (Å²) < 4.78 is 5.17. The summed E-state index contributed by atoms with van der Waals surface area (Å²) in [6.45, 7) is 1.28. The second-order valence-corrected chi connectivity index (χ2v) is 7.72. The van der Waals surface area contributed by atoms with Gasteiger partial charge in [-0.15, -0.1) is 11.8 Å². The number of rotatable bonds is 3. The molecule has 0 aliphatic carbocycles. The number of hydrogen-bond acceptors (Lipinski definition) is 4. The molecule has 0 saturated carbocycles. The molecule has 1 aromatic carbocycles. The zero-order chi connectivity index (χ0) is 17.2. The van der Waals surface area contributed by atoms with Gasteiger partial charge in [0.2, 0.25) is 5.91 Å². The summed E-state index contributed by atoms with van der Waals surface area (Å²) in [5.74, 6) is 0.413. The van der Waals surface area contributed by atoms with Crippen LogP contribution in [0, 0.1) is 0 Å². The van der Waals surface area contributed by atoms with Crippen LogP contribution in [0.5, 0.6) is 0 Å². The number of thioether (sulfide) groups is 1. The molecular formula is C19H20N2O3S. The maximum Gasteiger partial charge on any atom is 0.289 e. The van der Waals surface area contributed by atoms with E-state index in [1.54, 1.807) is 28.8 Å². The molecule has 1 aromatic heterocycles. The number of carbonyl (C=O) groups excluding carboxylic acids is 2. The van der Waals surface area contributed by atoms with Crippen LogP contribution >= 0.6 is 11.8 Å². The molecule has 130 valence electrons. The monoisotopic (exact) mass is 356 g/mol. The van der Waals surface area contributed by atoms with Gasteiger partial charge in [0.1, 0.15) is 0 Å². The molecule has 1 saturated heterocycles. The van der Waals surface area contributed by atoms with Gasteiger partial charge in [-0.05, 0) is 43.0 Å². The highest BCUT2D eigenvalue weighted by molar-refractivity contribution is 8.01. The van der Waals surface area contributed by atoms with Crippen molar-refractivity contribution in [2.45, 2.75) is 35.4 Å². The molecule has 2 aromatic rings. The van der Waals surface area contributed by atoms with Crippen molar-refractivity contribution in [2.75, 3.05) is 13.1 Å². The molecule has 4 rings (SSSR count). The number of benzene rings is 1. The van der Waals surface area contributed by atoms with Crippen LogP contribution in [0.3, 0.4) is 0 Å². The molecule has 2 aliphatic heterocycles. The maximum atomic E-state index is 12.6. The lowest BCUT2D eigenvalue weighted by Gasteiger charge is -2.32. The van der Waals surface area contributed by atoms with Crippen molar-refractivity contribution < 1.29 is 14.0 Å². The van der Waals surface area contributed by atoms with E-state index in [-0.39, 0.29) is 23.1 Å². The van der Waals surface area contributed by atoms with E-state index in [2.05, 4.69) is 17.4 Å². The Labute approximate surface area is 150 Å². The van der Waals surface area contributed by atoms with E-state index in [4.69, 9.17) is 4.42 Å². The number of fused-ring (bicyclic) bond motifs is 1. The standard InChI is InChI=1S/C19H20N2O3S/c22-18(17-12-13-4-1-2-6-16(13)25-17)20-14-7-9-21(10-8-14)19(23)15-5-3-11-24-15/h1-6,11,14,17H,7-10,12H2,(H,20,22). The zero-order valence-electron chi connectivity index (χ0n) is 13.8. The zero-order valence-corrected chi connectivity index (χ0v) is 14.6. The number of nitrogens with zero attached hydrogens (tertiary/aromatic N) is 1. The van der Waals surface area contributed by atoms with Crippen molar-refractivity contribution in [3.63, 3.8) is 0 Å². The van der Waals surface area contributed by atoms with Crippen LogP contribution in [0.15, 0.2) is 52.0 Å². The minimum absolute atomic E-state index is 0.0415. The Morgan fingerprint density at radius 1 is 1.12 bits per heavy atom. The van der Waals surface area contributed by atoms with Gasteiger partial charge >= 0.3 is 0 Å². The third-order valence-corrected chi connectivity index (χ3v) is 6.12. The first-order chi connectivity index (χ1) is 12.2. The number of hydrogen-bond donors (Lipinski definition) is 1. The molecule has 0 spiro atoms. The quantitative estimate of drug-likeness (QED) is 0.918. The molecule has 6 heteroatoms. The molecule has 25 heavy (non-hydrogen) atoms. The average Bonchev–Trinajstić information content (AvgIpc) is 3.31. The van der Waals surface area contributed by atoms with Crippen LogP contribution in [0.2, 0.25) is 0 Å². The molecular weight excluding hydrogens is 336 g/mol. The SMILES string of the molecule is O=C(NC1CCN(C(=O)c2ccco2)CC1)C1Cc2ccccc2S1. The van der Waals surface area contributed by atoms with Crippen LogP contribution in [0.1, 0.15) is 29.0 Å². The summed E-state index contributed by atoms with van der Waals surface area (Å²) in [4.78, 5) is 27.8. The summed E-state index contributed by atoms with van der Waals surface area (Å²) in [5.41, 5.74) is 1.26. The van der Waals surface area contributed by atoms with E-state index in [1.165, 1.54) is 16.7 Å². The van der Waals surface area contributed by atoms with Crippen molar-refractivity contribution in [3.8, 4) is 0 Å². The van der Waals surface area contributed by atoms with Crippen LogP contribution in [-0.4, -0.2) is 41.1 Å². The van der Waals surface area contributed by atoms with E-state index in [1.807, 2.05) is 12.1 Å². The van der Waals surface area contributed by atoms with Gasteiger partial charge in [-0.25, -0.2) is 0 Å². The summed E-state index contributed by atoms with van der Waals surface area (Å²) in [6, 6.07) is 11.7. The smallest absolute Gasteiger partial charge is 0.289 e. The fourth-order valence-electron chi connectivity index (χ4n) is 3.41. The summed E-state index contributed by atoms with van der Waals surface area (Å²) in [5, 5.41) is 3.13. The number of piperidine rings is 1. The van der Waals surface area contributed by atoms with E-state index >= 15 is 0 Å². The van der Waals surface area contributed by atoms with E-state index in [0.29, 0.717) is 18.8 Å². The number of likely N-dealkylation sites (tertiary alicyclic amines) is 1. The molecule has 1 N–H and O–H groups in total. The van der Waals surface area contributed by atoms with Gasteiger partial charge in [0.15, 0.2) is 5.76 Å². The molecule has 3 heterocycles. The Kier molecular flexibility index (Phi) is 4.53. The minimum atomic E-state index is -0.0726. The van der Waals surface area contributed by atoms with Gasteiger partial charge in [-0.2, -0.15) is 0 Å². The summed E-state index contributed by atoms with van der Waals surface area (Å²) in [7, 11) is 0. The fraction of sp³-hybridized carbons (Fsp3) is 0.368.